The highest BCUT2D eigenvalue weighted by molar-refractivity contribution is 7.99. The number of para-hydroxylation sites is 2. The van der Waals surface area contributed by atoms with Crippen molar-refractivity contribution in [1.82, 2.24) is 19.4 Å². The van der Waals surface area contributed by atoms with Crippen LogP contribution in [0.3, 0.4) is 0 Å². The van der Waals surface area contributed by atoms with E-state index < -0.39 is 0 Å². The maximum absolute atomic E-state index is 13.6. The molecule has 0 aliphatic carbocycles. The predicted molar refractivity (Wildman–Crippen MR) is 121 cm³/mol. The second kappa shape index (κ2) is 9.70. The summed E-state index contributed by atoms with van der Waals surface area (Å²) in [5, 5.41) is 0.883. The average Bonchev–Trinajstić information content (AvgIpc) is 3.15. The van der Waals surface area contributed by atoms with Gasteiger partial charge >= 0.3 is 0 Å². The number of aryl methyl sites for hydroxylation is 1. The minimum atomic E-state index is -0.264. The molecule has 164 valence electrons. The Morgan fingerprint density at radius 3 is 2.68 bits per heavy atom. The van der Waals surface area contributed by atoms with E-state index in [1.165, 1.54) is 23.9 Å². The molecule has 31 heavy (non-hydrogen) atoms. The van der Waals surface area contributed by atoms with E-state index in [1.54, 1.807) is 13.2 Å². The molecule has 6 nitrogen and oxygen atoms in total. The third-order valence-corrected chi connectivity index (χ3v) is 6.58. The summed E-state index contributed by atoms with van der Waals surface area (Å²) >= 11 is 1.50. The summed E-state index contributed by atoms with van der Waals surface area (Å²) in [6, 6.07) is 12.6. The van der Waals surface area contributed by atoms with Gasteiger partial charge in [-0.15, -0.1) is 0 Å². The summed E-state index contributed by atoms with van der Waals surface area (Å²) in [5.74, 6) is 0.929. The number of benzene rings is 2. The Hall–Kier alpha value is -2.58. The number of carbonyl (C=O) groups is 1. The maximum atomic E-state index is 13.6. The first-order valence-corrected chi connectivity index (χ1v) is 11.5. The predicted octanol–water partition coefficient (Wildman–Crippen LogP) is 3.64. The number of rotatable bonds is 7. The summed E-state index contributed by atoms with van der Waals surface area (Å²) in [7, 11) is 1.60. The quantitative estimate of drug-likeness (QED) is 0.523. The van der Waals surface area contributed by atoms with Gasteiger partial charge in [0.1, 0.15) is 11.6 Å². The van der Waals surface area contributed by atoms with Crippen LogP contribution >= 0.6 is 11.8 Å². The number of carbonyl (C=O) groups excluding carboxylic acids is 1. The number of aromatic nitrogens is 2. The van der Waals surface area contributed by atoms with Gasteiger partial charge in [-0.05, 0) is 37.3 Å². The largest absolute Gasteiger partial charge is 0.496 e. The molecule has 0 atom stereocenters. The van der Waals surface area contributed by atoms with Gasteiger partial charge in [0.2, 0.25) is 5.91 Å². The molecular formula is C23H27FN4O2S. The molecule has 8 heteroatoms. The molecular weight excluding hydrogens is 415 g/mol. The molecule has 1 amide bonds. The smallest absolute Gasteiger partial charge is 0.233 e. The van der Waals surface area contributed by atoms with Gasteiger partial charge in [0.25, 0.3) is 0 Å². The molecule has 1 aliphatic heterocycles. The number of fused-ring (bicyclic) bond motifs is 1. The van der Waals surface area contributed by atoms with Gasteiger partial charge in [-0.1, -0.05) is 23.9 Å². The number of hydrogen-bond acceptors (Lipinski definition) is 5. The lowest BCUT2D eigenvalue weighted by Crippen LogP contribution is -2.48. The summed E-state index contributed by atoms with van der Waals surface area (Å²) in [4.78, 5) is 21.6. The van der Waals surface area contributed by atoms with Crippen LogP contribution < -0.4 is 4.74 Å². The van der Waals surface area contributed by atoms with Crippen molar-refractivity contribution in [2.45, 2.75) is 25.2 Å². The minimum absolute atomic E-state index is 0.127. The van der Waals surface area contributed by atoms with Crippen molar-refractivity contribution in [2.75, 3.05) is 39.0 Å². The normalized spacial score (nSPS) is 14.9. The van der Waals surface area contributed by atoms with Crippen molar-refractivity contribution in [3.63, 3.8) is 0 Å². The Labute approximate surface area is 186 Å². The Morgan fingerprint density at radius 1 is 1.16 bits per heavy atom. The van der Waals surface area contributed by atoms with Crippen molar-refractivity contribution in [1.29, 1.82) is 0 Å². The first-order chi connectivity index (χ1) is 15.1. The number of halogens is 1. The summed E-state index contributed by atoms with van der Waals surface area (Å²) < 4.78 is 21.1. The van der Waals surface area contributed by atoms with Gasteiger partial charge < -0.3 is 14.2 Å². The second-order valence-corrected chi connectivity index (χ2v) is 8.47. The zero-order valence-corrected chi connectivity index (χ0v) is 18.7. The number of amides is 1. The van der Waals surface area contributed by atoms with E-state index in [2.05, 4.69) is 27.4 Å². The van der Waals surface area contributed by atoms with Crippen molar-refractivity contribution in [3.05, 3.63) is 53.8 Å². The number of imidazole rings is 1. The van der Waals surface area contributed by atoms with Gasteiger partial charge in [-0.3, -0.25) is 9.69 Å². The number of piperazine rings is 1. The zero-order chi connectivity index (χ0) is 21.8. The number of thioether (sulfide) groups is 1. The van der Waals surface area contributed by atoms with Crippen LogP contribution in [0.25, 0.3) is 11.0 Å². The number of methoxy groups -OCH3 is 1. The van der Waals surface area contributed by atoms with Crippen LogP contribution in [-0.2, 0) is 17.9 Å². The molecule has 0 bridgehead atoms. The summed E-state index contributed by atoms with van der Waals surface area (Å²) in [5.41, 5.74) is 2.89. The average molecular weight is 443 g/mol. The molecule has 0 radical (unpaired) electrons. The molecule has 0 spiro atoms. The van der Waals surface area contributed by atoms with Crippen LogP contribution in [0.5, 0.6) is 5.75 Å². The highest BCUT2D eigenvalue weighted by Crippen LogP contribution is 2.25. The van der Waals surface area contributed by atoms with Crippen LogP contribution in [0.2, 0.25) is 0 Å². The second-order valence-electron chi connectivity index (χ2n) is 7.53. The fourth-order valence-electron chi connectivity index (χ4n) is 3.95. The van der Waals surface area contributed by atoms with E-state index in [-0.39, 0.29) is 11.7 Å². The highest BCUT2D eigenvalue weighted by atomic mass is 32.2. The molecule has 1 fully saturated rings. The van der Waals surface area contributed by atoms with Crippen molar-refractivity contribution in [2.24, 2.45) is 0 Å². The molecule has 1 aromatic heterocycles. The molecule has 3 aromatic rings. The molecule has 4 rings (SSSR count). The van der Waals surface area contributed by atoms with Crippen LogP contribution in [0.4, 0.5) is 4.39 Å². The van der Waals surface area contributed by atoms with E-state index in [0.29, 0.717) is 31.1 Å². The SMILES string of the molecule is CCn1c(SCC(=O)N2CCN(Cc3cc(F)ccc3OC)CC2)nc2ccccc21. The Morgan fingerprint density at radius 2 is 1.94 bits per heavy atom. The Balaban J connectivity index is 1.31. The molecule has 2 heterocycles. The van der Waals surface area contributed by atoms with Gasteiger partial charge in [-0.2, -0.15) is 0 Å². The Bertz CT molecular complexity index is 1060. The van der Waals surface area contributed by atoms with Crippen LogP contribution in [0.15, 0.2) is 47.6 Å². The van der Waals surface area contributed by atoms with Gasteiger partial charge in [0, 0.05) is 44.8 Å². The number of hydrogen-bond donors (Lipinski definition) is 0. The third kappa shape index (κ3) is 4.85. The van der Waals surface area contributed by atoms with Crippen molar-refractivity contribution < 1.29 is 13.9 Å². The number of nitrogens with zero attached hydrogens (tertiary/aromatic N) is 4. The fraction of sp³-hybridized carbons (Fsp3) is 0.391. The zero-order valence-electron chi connectivity index (χ0n) is 17.9. The molecule has 1 aliphatic rings. The van der Waals surface area contributed by atoms with E-state index in [4.69, 9.17) is 4.74 Å². The fourth-order valence-corrected chi connectivity index (χ4v) is 4.94. The minimum Gasteiger partial charge on any atom is -0.496 e. The van der Waals surface area contributed by atoms with E-state index in [0.717, 1.165) is 41.4 Å². The first-order valence-electron chi connectivity index (χ1n) is 10.5. The molecule has 2 aromatic carbocycles. The van der Waals surface area contributed by atoms with Gasteiger partial charge in [0.05, 0.1) is 23.9 Å². The lowest BCUT2D eigenvalue weighted by molar-refractivity contribution is -0.130. The molecule has 0 saturated carbocycles. The van der Waals surface area contributed by atoms with Crippen LogP contribution in [0, 0.1) is 5.82 Å². The molecule has 0 unspecified atom stereocenters. The highest BCUT2D eigenvalue weighted by Gasteiger charge is 2.23. The lowest BCUT2D eigenvalue weighted by atomic mass is 10.1. The Kier molecular flexibility index (Phi) is 6.77. The van der Waals surface area contributed by atoms with Crippen LogP contribution in [0.1, 0.15) is 12.5 Å². The summed E-state index contributed by atoms with van der Waals surface area (Å²) in [6.07, 6.45) is 0. The van der Waals surface area contributed by atoms with Gasteiger partial charge in [-0.25, -0.2) is 9.37 Å². The van der Waals surface area contributed by atoms with Crippen molar-refractivity contribution in [3.8, 4) is 5.75 Å². The van der Waals surface area contributed by atoms with E-state index in [1.807, 2.05) is 23.1 Å². The van der Waals surface area contributed by atoms with E-state index in [9.17, 15) is 9.18 Å². The monoisotopic (exact) mass is 442 g/mol. The lowest BCUT2D eigenvalue weighted by Gasteiger charge is -2.35. The van der Waals surface area contributed by atoms with Gasteiger partial charge in [0.15, 0.2) is 5.16 Å². The third-order valence-electron chi connectivity index (χ3n) is 5.62. The van der Waals surface area contributed by atoms with Crippen molar-refractivity contribution >= 4 is 28.7 Å². The summed E-state index contributed by atoms with van der Waals surface area (Å²) in [6.45, 7) is 6.36. The number of ether oxygens (including phenoxy) is 1. The first kappa shape index (κ1) is 21.6. The molecule has 1 saturated heterocycles. The van der Waals surface area contributed by atoms with E-state index >= 15 is 0 Å². The topological polar surface area (TPSA) is 50.6 Å². The maximum Gasteiger partial charge on any atom is 0.233 e. The standard InChI is InChI=1S/C23H27FN4O2S/c1-3-28-20-7-5-4-6-19(20)25-23(28)31-16-22(29)27-12-10-26(11-13-27)15-17-14-18(24)8-9-21(17)30-2/h4-9,14H,3,10-13,15-16H2,1-2H3. The van der Waals surface area contributed by atoms with Crippen LogP contribution in [-0.4, -0.2) is 64.3 Å². The molecule has 0 N–H and O–H groups in total.